The largest absolute Gasteiger partial charge is 0.366 e. The van der Waals surface area contributed by atoms with Gasteiger partial charge in [-0.3, -0.25) is 4.79 Å². The highest BCUT2D eigenvalue weighted by atomic mass is 16.1. The summed E-state index contributed by atoms with van der Waals surface area (Å²) in [4.78, 5) is 11.0. The molecular weight excluding hydrogens is 212 g/mol. The zero-order valence-electron chi connectivity index (χ0n) is 10.9. The molecule has 0 aliphatic heterocycles. The van der Waals surface area contributed by atoms with Gasteiger partial charge in [-0.25, -0.2) is 0 Å². The molecule has 0 saturated carbocycles. The quantitative estimate of drug-likeness (QED) is 0.794. The molecule has 0 fully saturated rings. The number of nitrogens with two attached hydrogens (primary N) is 1. The molecule has 0 aliphatic rings. The van der Waals surface area contributed by atoms with E-state index in [0.717, 1.165) is 24.9 Å². The van der Waals surface area contributed by atoms with E-state index in [1.54, 1.807) is 6.07 Å². The summed E-state index contributed by atoms with van der Waals surface area (Å²) in [5.41, 5.74) is 8.16. The zero-order chi connectivity index (χ0) is 12.8. The molecule has 3 nitrogen and oxygen atoms in total. The molecule has 0 saturated heterocycles. The maximum absolute atomic E-state index is 11.0. The fraction of sp³-hybridized carbons (Fsp3) is 0.500. The van der Waals surface area contributed by atoms with E-state index in [2.05, 4.69) is 19.2 Å². The lowest BCUT2D eigenvalue weighted by atomic mass is 10.0. The first-order valence-electron chi connectivity index (χ1n) is 6.21. The van der Waals surface area contributed by atoms with Crippen molar-refractivity contribution in [3.63, 3.8) is 0 Å². The Morgan fingerprint density at radius 1 is 1.35 bits per heavy atom. The molecular formula is C14H22N2O. The SMILES string of the molecule is CCC(CC)NCc1ccc(C(N)=O)cc1C. The molecule has 3 heteroatoms. The van der Waals surface area contributed by atoms with Gasteiger partial charge in [-0.05, 0) is 43.0 Å². The van der Waals surface area contributed by atoms with Crippen molar-refractivity contribution in [3.05, 3.63) is 34.9 Å². The molecule has 0 atom stereocenters. The summed E-state index contributed by atoms with van der Waals surface area (Å²) in [6.45, 7) is 7.22. The Hall–Kier alpha value is -1.35. The number of nitrogens with one attached hydrogen (secondary N) is 1. The first-order valence-corrected chi connectivity index (χ1v) is 6.21. The minimum Gasteiger partial charge on any atom is -0.366 e. The summed E-state index contributed by atoms with van der Waals surface area (Å²) in [6, 6.07) is 6.18. The van der Waals surface area contributed by atoms with Crippen molar-refractivity contribution < 1.29 is 4.79 Å². The molecule has 0 spiro atoms. The molecule has 0 unspecified atom stereocenters. The second-order valence-electron chi connectivity index (χ2n) is 4.40. The Morgan fingerprint density at radius 2 is 2.00 bits per heavy atom. The van der Waals surface area contributed by atoms with Crippen LogP contribution < -0.4 is 11.1 Å². The van der Waals surface area contributed by atoms with Crippen LogP contribution >= 0.6 is 0 Å². The van der Waals surface area contributed by atoms with Crippen LogP contribution in [0.15, 0.2) is 18.2 Å². The fourth-order valence-corrected chi connectivity index (χ4v) is 1.88. The lowest BCUT2D eigenvalue weighted by Gasteiger charge is -2.16. The van der Waals surface area contributed by atoms with Gasteiger partial charge in [0.2, 0.25) is 5.91 Å². The van der Waals surface area contributed by atoms with Crippen molar-refractivity contribution in [2.75, 3.05) is 0 Å². The summed E-state index contributed by atoms with van der Waals surface area (Å²) in [6.07, 6.45) is 2.27. The van der Waals surface area contributed by atoms with E-state index in [4.69, 9.17) is 5.73 Å². The number of carbonyl (C=O) groups excluding carboxylic acids is 1. The maximum Gasteiger partial charge on any atom is 0.248 e. The van der Waals surface area contributed by atoms with Crippen LogP contribution in [-0.4, -0.2) is 11.9 Å². The number of hydrogen-bond donors (Lipinski definition) is 2. The van der Waals surface area contributed by atoms with Gasteiger partial charge in [0.25, 0.3) is 0 Å². The van der Waals surface area contributed by atoms with Crippen molar-refractivity contribution >= 4 is 5.91 Å². The highest BCUT2D eigenvalue weighted by molar-refractivity contribution is 5.93. The van der Waals surface area contributed by atoms with Crippen molar-refractivity contribution in [1.82, 2.24) is 5.32 Å². The number of benzene rings is 1. The predicted octanol–water partition coefficient (Wildman–Crippen LogP) is 2.37. The Balaban J connectivity index is 2.69. The van der Waals surface area contributed by atoms with E-state index in [-0.39, 0.29) is 5.91 Å². The second kappa shape index (κ2) is 6.40. The Bertz CT molecular complexity index is 384. The van der Waals surface area contributed by atoms with Gasteiger partial charge in [0.15, 0.2) is 0 Å². The summed E-state index contributed by atoms with van der Waals surface area (Å²) >= 11 is 0. The smallest absolute Gasteiger partial charge is 0.248 e. The molecule has 1 rings (SSSR count). The van der Waals surface area contributed by atoms with Crippen LogP contribution in [0.1, 0.15) is 48.2 Å². The molecule has 1 aromatic rings. The monoisotopic (exact) mass is 234 g/mol. The molecule has 0 heterocycles. The zero-order valence-corrected chi connectivity index (χ0v) is 10.9. The Labute approximate surface area is 103 Å². The molecule has 1 aromatic carbocycles. The lowest BCUT2D eigenvalue weighted by Crippen LogP contribution is -2.27. The van der Waals surface area contributed by atoms with Crippen LogP contribution in [0, 0.1) is 6.92 Å². The van der Waals surface area contributed by atoms with Gasteiger partial charge in [0.05, 0.1) is 0 Å². The molecule has 3 N–H and O–H groups in total. The fourth-order valence-electron chi connectivity index (χ4n) is 1.88. The summed E-state index contributed by atoms with van der Waals surface area (Å²) in [5.74, 6) is -0.368. The normalized spacial score (nSPS) is 10.8. The number of aryl methyl sites for hydroxylation is 1. The predicted molar refractivity (Wildman–Crippen MR) is 70.9 cm³/mol. The third-order valence-electron chi connectivity index (χ3n) is 3.19. The van der Waals surface area contributed by atoms with E-state index in [9.17, 15) is 4.79 Å². The molecule has 94 valence electrons. The average molecular weight is 234 g/mol. The van der Waals surface area contributed by atoms with E-state index < -0.39 is 0 Å². The maximum atomic E-state index is 11.0. The van der Waals surface area contributed by atoms with E-state index in [0.29, 0.717) is 11.6 Å². The van der Waals surface area contributed by atoms with E-state index in [1.807, 2.05) is 19.1 Å². The highest BCUT2D eigenvalue weighted by Gasteiger charge is 2.06. The topological polar surface area (TPSA) is 55.1 Å². The standard InChI is InChI=1S/C14H22N2O/c1-4-13(5-2)16-9-12-7-6-11(14(15)17)8-10(12)3/h6-8,13,16H,4-5,9H2,1-3H3,(H2,15,17). The first kappa shape index (κ1) is 13.7. The van der Waals surface area contributed by atoms with Gasteiger partial charge >= 0.3 is 0 Å². The van der Waals surface area contributed by atoms with Crippen LogP contribution in [-0.2, 0) is 6.54 Å². The molecule has 17 heavy (non-hydrogen) atoms. The van der Waals surface area contributed by atoms with Crippen molar-refractivity contribution in [1.29, 1.82) is 0 Å². The van der Waals surface area contributed by atoms with Gasteiger partial charge in [-0.1, -0.05) is 19.9 Å². The van der Waals surface area contributed by atoms with Crippen LogP contribution in [0.3, 0.4) is 0 Å². The number of rotatable bonds is 6. The number of amides is 1. The van der Waals surface area contributed by atoms with Gasteiger partial charge < -0.3 is 11.1 Å². The van der Waals surface area contributed by atoms with Gasteiger partial charge in [0.1, 0.15) is 0 Å². The van der Waals surface area contributed by atoms with Crippen LogP contribution in [0.2, 0.25) is 0 Å². The molecule has 0 bridgehead atoms. The molecule has 0 aromatic heterocycles. The van der Waals surface area contributed by atoms with E-state index >= 15 is 0 Å². The Kier molecular flexibility index (Phi) is 5.16. The van der Waals surface area contributed by atoms with Crippen LogP contribution in [0.4, 0.5) is 0 Å². The average Bonchev–Trinajstić information content (AvgIpc) is 2.31. The summed E-state index contributed by atoms with van der Waals surface area (Å²) < 4.78 is 0. The summed E-state index contributed by atoms with van der Waals surface area (Å²) in [7, 11) is 0. The van der Waals surface area contributed by atoms with Gasteiger partial charge in [-0.2, -0.15) is 0 Å². The van der Waals surface area contributed by atoms with Crippen molar-refractivity contribution in [3.8, 4) is 0 Å². The molecule has 1 amide bonds. The van der Waals surface area contributed by atoms with Gasteiger partial charge in [0, 0.05) is 18.2 Å². The van der Waals surface area contributed by atoms with Crippen molar-refractivity contribution in [2.45, 2.75) is 46.2 Å². The van der Waals surface area contributed by atoms with Crippen molar-refractivity contribution in [2.24, 2.45) is 5.73 Å². The Morgan fingerprint density at radius 3 is 2.47 bits per heavy atom. The molecule has 0 radical (unpaired) electrons. The lowest BCUT2D eigenvalue weighted by molar-refractivity contribution is 0.1000. The van der Waals surface area contributed by atoms with Crippen LogP contribution in [0.25, 0.3) is 0 Å². The van der Waals surface area contributed by atoms with Crippen LogP contribution in [0.5, 0.6) is 0 Å². The van der Waals surface area contributed by atoms with E-state index in [1.165, 1.54) is 5.56 Å². The molecule has 0 aliphatic carbocycles. The second-order valence-corrected chi connectivity index (χ2v) is 4.40. The minimum absolute atomic E-state index is 0.368. The number of primary amides is 1. The number of carbonyl (C=O) groups is 1. The third kappa shape index (κ3) is 3.86. The first-order chi connectivity index (χ1) is 8.08. The van der Waals surface area contributed by atoms with Gasteiger partial charge in [-0.15, -0.1) is 0 Å². The minimum atomic E-state index is -0.368. The number of hydrogen-bond acceptors (Lipinski definition) is 2. The third-order valence-corrected chi connectivity index (χ3v) is 3.19. The highest BCUT2D eigenvalue weighted by Crippen LogP contribution is 2.11. The summed E-state index contributed by atoms with van der Waals surface area (Å²) in [5, 5.41) is 3.51.